The number of nitrogens with one attached hydrogen (secondary N) is 1. The van der Waals surface area contributed by atoms with Crippen LogP contribution in [0.3, 0.4) is 0 Å². The van der Waals surface area contributed by atoms with Gasteiger partial charge in [0.2, 0.25) is 5.95 Å². The molecule has 1 saturated heterocycles. The van der Waals surface area contributed by atoms with Crippen molar-refractivity contribution >= 4 is 23.2 Å². The molecular formula is C16H21N5OS. The van der Waals surface area contributed by atoms with Gasteiger partial charge in [0, 0.05) is 51.7 Å². The summed E-state index contributed by atoms with van der Waals surface area (Å²) in [5, 5.41) is 7.31. The summed E-state index contributed by atoms with van der Waals surface area (Å²) in [7, 11) is 0. The van der Waals surface area contributed by atoms with Gasteiger partial charge in [-0.05, 0) is 29.3 Å². The maximum absolute atomic E-state index is 12.5. The quantitative estimate of drug-likeness (QED) is 0.907. The average Bonchev–Trinajstić information content (AvgIpc) is 3.09. The molecule has 1 fully saturated rings. The first-order chi connectivity index (χ1) is 11.3. The second-order valence-corrected chi connectivity index (χ2v) is 6.31. The molecule has 1 N–H and O–H groups in total. The van der Waals surface area contributed by atoms with Gasteiger partial charge in [-0.2, -0.15) is 11.3 Å². The molecule has 6 nitrogen and oxygen atoms in total. The van der Waals surface area contributed by atoms with Crippen molar-refractivity contribution in [3.8, 4) is 0 Å². The van der Waals surface area contributed by atoms with Gasteiger partial charge in [-0.1, -0.05) is 0 Å². The van der Waals surface area contributed by atoms with Crippen molar-refractivity contribution in [2.45, 2.75) is 13.5 Å². The first kappa shape index (κ1) is 15.9. The molecule has 0 aromatic carbocycles. The topological polar surface area (TPSA) is 61.4 Å². The predicted octanol–water partition coefficient (Wildman–Crippen LogP) is 1.93. The third-order valence-corrected chi connectivity index (χ3v) is 4.61. The molecule has 0 bridgehead atoms. The molecule has 7 heteroatoms. The van der Waals surface area contributed by atoms with Gasteiger partial charge in [0.25, 0.3) is 5.91 Å². The SMILES string of the molecule is CCNc1ncc(C(=O)N2CCN(Cc3ccsc3)CC2)cn1. The second kappa shape index (κ2) is 7.52. The van der Waals surface area contributed by atoms with Crippen LogP contribution in [-0.2, 0) is 6.54 Å². The Kier molecular flexibility index (Phi) is 5.19. The van der Waals surface area contributed by atoms with Crippen molar-refractivity contribution in [3.63, 3.8) is 0 Å². The van der Waals surface area contributed by atoms with E-state index in [2.05, 4.69) is 37.0 Å². The van der Waals surface area contributed by atoms with E-state index in [-0.39, 0.29) is 5.91 Å². The highest BCUT2D eigenvalue weighted by atomic mass is 32.1. The molecule has 1 amide bonds. The fraction of sp³-hybridized carbons (Fsp3) is 0.438. The zero-order chi connectivity index (χ0) is 16.1. The number of nitrogens with zero attached hydrogens (tertiary/aromatic N) is 4. The Labute approximate surface area is 140 Å². The predicted molar refractivity (Wildman–Crippen MR) is 91.7 cm³/mol. The van der Waals surface area contributed by atoms with Gasteiger partial charge in [0.1, 0.15) is 0 Å². The lowest BCUT2D eigenvalue weighted by atomic mass is 10.2. The fourth-order valence-corrected chi connectivity index (χ4v) is 3.28. The molecule has 1 aliphatic heterocycles. The zero-order valence-corrected chi connectivity index (χ0v) is 14.1. The average molecular weight is 331 g/mol. The molecular weight excluding hydrogens is 310 g/mol. The van der Waals surface area contributed by atoms with Gasteiger partial charge >= 0.3 is 0 Å². The summed E-state index contributed by atoms with van der Waals surface area (Å²) >= 11 is 1.73. The first-order valence-electron chi connectivity index (χ1n) is 7.85. The fourth-order valence-electron chi connectivity index (χ4n) is 2.62. The molecule has 0 aliphatic carbocycles. The molecule has 3 heterocycles. The van der Waals surface area contributed by atoms with Crippen molar-refractivity contribution in [2.24, 2.45) is 0 Å². The van der Waals surface area contributed by atoms with Gasteiger partial charge in [-0.3, -0.25) is 9.69 Å². The monoisotopic (exact) mass is 331 g/mol. The Hall–Kier alpha value is -1.99. The van der Waals surface area contributed by atoms with Crippen LogP contribution in [0.4, 0.5) is 5.95 Å². The maximum atomic E-state index is 12.5. The molecule has 0 atom stereocenters. The lowest BCUT2D eigenvalue weighted by Crippen LogP contribution is -2.48. The molecule has 2 aromatic heterocycles. The van der Waals surface area contributed by atoms with E-state index in [0.717, 1.165) is 39.3 Å². The largest absolute Gasteiger partial charge is 0.355 e. The lowest BCUT2D eigenvalue weighted by Gasteiger charge is -2.34. The van der Waals surface area contributed by atoms with Crippen molar-refractivity contribution in [2.75, 3.05) is 38.0 Å². The number of thiophene rings is 1. The Morgan fingerprint density at radius 2 is 2.00 bits per heavy atom. The van der Waals surface area contributed by atoms with Crippen LogP contribution in [0.15, 0.2) is 29.2 Å². The number of amides is 1. The highest BCUT2D eigenvalue weighted by Crippen LogP contribution is 2.13. The molecule has 0 spiro atoms. The molecule has 23 heavy (non-hydrogen) atoms. The van der Waals surface area contributed by atoms with E-state index in [0.29, 0.717) is 11.5 Å². The van der Waals surface area contributed by atoms with Crippen LogP contribution in [0.1, 0.15) is 22.8 Å². The van der Waals surface area contributed by atoms with Crippen LogP contribution in [0.5, 0.6) is 0 Å². The van der Waals surface area contributed by atoms with E-state index < -0.39 is 0 Å². The Balaban J connectivity index is 1.53. The van der Waals surface area contributed by atoms with Crippen molar-refractivity contribution < 1.29 is 4.79 Å². The summed E-state index contributed by atoms with van der Waals surface area (Å²) < 4.78 is 0. The third kappa shape index (κ3) is 4.05. The number of hydrogen-bond donors (Lipinski definition) is 1. The number of piperazine rings is 1. The van der Waals surface area contributed by atoms with Crippen LogP contribution in [0.2, 0.25) is 0 Å². The minimum Gasteiger partial charge on any atom is -0.355 e. The Bertz CT molecular complexity index is 620. The van der Waals surface area contributed by atoms with Gasteiger partial charge < -0.3 is 10.2 Å². The summed E-state index contributed by atoms with van der Waals surface area (Å²) in [6, 6.07) is 2.16. The second-order valence-electron chi connectivity index (χ2n) is 5.53. The Morgan fingerprint density at radius 3 is 2.61 bits per heavy atom. The molecule has 0 unspecified atom stereocenters. The van der Waals surface area contributed by atoms with Crippen LogP contribution in [0, 0.1) is 0 Å². The number of aromatic nitrogens is 2. The zero-order valence-electron chi connectivity index (χ0n) is 13.2. The minimum absolute atomic E-state index is 0.0169. The van der Waals surface area contributed by atoms with Crippen molar-refractivity contribution in [1.29, 1.82) is 0 Å². The number of rotatable bonds is 5. The number of anilines is 1. The standard InChI is InChI=1S/C16H21N5OS/c1-2-17-16-18-9-14(10-19-16)15(22)21-6-4-20(5-7-21)11-13-3-8-23-12-13/h3,8-10,12H,2,4-7,11H2,1H3,(H,17,18,19). The van der Waals surface area contributed by atoms with E-state index in [1.807, 2.05) is 11.8 Å². The van der Waals surface area contributed by atoms with Crippen molar-refractivity contribution in [3.05, 3.63) is 40.3 Å². The summed E-state index contributed by atoms with van der Waals surface area (Å²) in [4.78, 5) is 25.1. The minimum atomic E-state index is 0.0169. The van der Waals surface area contributed by atoms with Crippen LogP contribution in [0.25, 0.3) is 0 Å². The maximum Gasteiger partial charge on any atom is 0.257 e. The Morgan fingerprint density at radius 1 is 1.26 bits per heavy atom. The van der Waals surface area contributed by atoms with Crippen molar-refractivity contribution in [1.82, 2.24) is 19.8 Å². The number of carbonyl (C=O) groups excluding carboxylic acids is 1. The molecule has 3 rings (SSSR count). The molecule has 0 saturated carbocycles. The van der Waals surface area contributed by atoms with Crippen LogP contribution in [-0.4, -0.2) is 58.4 Å². The highest BCUT2D eigenvalue weighted by Gasteiger charge is 2.22. The summed E-state index contributed by atoms with van der Waals surface area (Å²) in [5.41, 5.74) is 1.90. The number of carbonyl (C=O) groups is 1. The first-order valence-corrected chi connectivity index (χ1v) is 8.79. The highest BCUT2D eigenvalue weighted by molar-refractivity contribution is 7.07. The number of hydrogen-bond acceptors (Lipinski definition) is 6. The van der Waals surface area contributed by atoms with Crippen LogP contribution >= 0.6 is 11.3 Å². The van der Waals surface area contributed by atoms with E-state index in [4.69, 9.17) is 0 Å². The van der Waals surface area contributed by atoms with Gasteiger partial charge in [-0.15, -0.1) is 0 Å². The lowest BCUT2D eigenvalue weighted by molar-refractivity contribution is 0.0628. The summed E-state index contributed by atoms with van der Waals surface area (Å²) in [6.45, 7) is 7.01. The molecule has 2 aromatic rings. The van der Waals surface area contributed by atoms with Crippen LogP contribution < -0.4 is 5.32 Å². The summed E-state index contributed by atoms with van der Waals surface area (Å²) in [6.07, 6.45) is 3.20. The van der Waals surface area contributed by atoms with Gasteiger partial charge in [0.05, 0.1) is 5.56 Å². The third-order valence-electron chi connectivity index (χ3n) is 3.88. The van der Waals surface area contributed by atoms with Gasteiger partial charge in [0.15, 0.2) is 0 Å². The van der Waals surface area contributed by atoms with E-state index in [1.165, 1.54) is 5.56 Å². The molecule has 1 aliphatic rings. The van der Waals surface area contributed by atoms with E-state index in [1.54, 1.807) is 23.7 Å². The van der Waals surface area contributed by atoms with E-state index >= 15 is 0 Å². The smallest absolute Gasteiger partial charge is 0.257 e. The summed E-state index contributed by atoms with van der Waals surface area (Å²) in [5.74, 6) is 0.577. The van der Waals surface area contributed by atoms with Gasteiger partial charge in [-0.25, -0.2) is 9.97 Å². The van der Waals surface area contributed by atoms with E-state index in [9.17, 15) is 4.79 Å². The molecule has 122 valence electrons. The normalized spacial score (nSPS) is 15.6. The molecule has 0 radical (unpaired) electrons.